The fourth-order valence-corrected chi connectivity index (χ4v) is 2.01. The maximum Gasteiger partial charge on any atom is 0.243 e. The fourth-order valence-electron chi connectivity index (χ4n) is 2.01. The molecule has 0 saturated heterocycles. The molecule has 0 saturated carbocycles. The molecule has 0 atom stereocenters. The number of ketones is 1. The number of rotatable bonds is 10. The lowest BCUT2D eigenvalue weighted by molar-refractivity contribution is -0.129. The second kappa shape index (κ2) is 10.8. The van der Waals surface area contributed by atoms with E-state index in [2.05, 4.69) is 0 Å². The van der Waals surface area contributed by atoms with Crippen molar-refractivity contribution in [1.29, 1.82) is 0 Å². The highest BCUT2D eigenvalue weighted by Crippen LogP contribution is 2.08. The van der Waals surface area contributed by atoms with E-state index in [-0.39, 0.29) is 11.7 Å². The molecule has 0 fully saturated rings. The van der Waals surface area contributed by atoms with Gasteiger partial charge in [-0.05, 0) is 18.4 Å². The Morgan fingerprint density at radius 2 is 1.67 bits per heavy atom. The van der Waals surface area contributed by atoms with Gasteiger partial charge in [-0.1, -0.05) is 55.3 Å². The monoisotopic (exact) mass is 289 g/mol. The van der Waals surface area contributed by atoms with Crippen molar-refractivity contribution >= 4 is 17.8 Å². The van der Waals surface area contributed by atoms with Crippen LogP contribution < -0.4 is 5.48 Å². The minimum Gasteiger partial charge on any atom is -0.299 e. The van der Waals surface area contributed by atoms with Crippen LogP contribution in [0.4, 0.5) is 0 Å². The molecule has 2 N–H and O–H groups in total. The number of carbonyl (C=O) groups is 2. The summed E-state index contributed by atoms with van der Waals surface area (Å²) in [4.78, 5) is 22.4. The van der Waals surface area contributed by atoms with Crippen LogP contribution in [0.2, 0.25) is 0 Å². The van der Waals surface area contributed by atoms with E-state index >= 15 is 0 Å². The van der Waals surface area contributed by atoms with E-state index in [1.165, 1.54) is 0 Å². The number of hydroxylamine groups is 1. The van der Waals surface area contributed by atoms with Crippen molar-refractivity contribution in [3.05, 3.63) is 42.0 Å². The van der Waals surface area contributed by atoms with Crippen molar-refractivity contribution in [2.45, 2.75) is 44.9 Å². The van der Waals surface area contributed by atoms with Crippen molar-refractivity contribution in [2.75, 3.05) is 0 Å². The largest absolute Gasteiger partial charge is 0.299 e. The molecule has 1 aromatic carbocycles. The van der Waals surface area contributed by atoms with Crippen molar-refractivity contribution in [2.24, 2.45) is 0 Å². The van der Waals surface area contributed by atoms with Crippen LogP contribution in [0.1, 0.15) is 50.5 Å². The van der Waals surface area contributed by atoms with Crippen molar-refractivity contribution < 1.29 is 14.8 Å². The number of carbonyl (C=O) groups excluding carboxylic acids is 2. The third-order valence-corrected chi connectivity index (χ3v) is 3.19. The van der Waals surface area contributed by atoms with Gasteiger partial charge in [-0.25, -0.2) is 5.48 Å². The molecule has 1 aromatic rings. The topological polar surface area (TPSA) is 66.4 Å². The first-order valence-corrected chi connectivity index (χ1v) is 7.38. The van der Waals surface area contributed by atoms with Crippen molar-refractivity contribution in [1.82, 2.24) is 5.48 Å². The third-order valence-electron chi connectivity index (χ3n) is 3.19. The van der Waals surface area contributed by atoms with Gasteiger partial charge in [0.1, 0.15) is 5.78 Å². The minimum atomic E-state index is -0.350. The molecule has 0 aromatic heterocycles. The van der Waals surface area contributed by atoms with E-state index in [1.807, 2.05) is 42.5 Å². The lowest BCUT2D eigenvalue weighted by atomic mass is 10.1. The van der Waals surface area contributed by atoms with E-state index in [0.29, 0.717) is 19.3 Å². The van der Waals surface area contributed by atoms with Gasteiger partial charge in [-0.2, -0.15) is 0 Å². The third kappa shape index (κ3) is 8.76. The second-order valence-electron chi connectivity index (χ2n) is 5.01. The average molecular weight is 289 g/mol. The van der Waals surface area contributed by atoms with Gasteiger partial charge < -0.3 is 0 Å². The Morgan fingerprint density at radius 1 is 1.00 bits per heavy atom. The molecular weight excluding hydrogens is 266 g/mol. The molecule has 0 heterocycles. The standard InChI is InChI=1S/C17H23NO3/c19-16(12-6-1-2-7-14-17(20)18-21)13-8-11-15-9-4-3-5-10-15/h3-5,8-11,21H,1-2,6-7,12-14H2,(H,18,20)/b11-8+. The molecule has 4 nitrogen and oxygen atoms in total. The number of Topliss-reactive ketones (excluding diaryl/α,β-unsaturated/α-hetero) is 1. The lowest BCUT2D eigenvalue weighted by Crippen LogP contribution is -2.17. The first kappa shape index (κ1) is 17.1. The fraction of sp³-hybridized carbons (Fsp3) is 0.412. The normalized spacial score (nSPS) is 10.7. The van der Waals surface area contributed by atoms with Crippen LogP contribution in [0.3, 0.4) is 0 Å². The van der Waals surface area contributed by atoms with Gasteiger partial charge in [-0.15, -0.1) is 0 Å². The highest BCUT2D eigenvalue weighted by Gasteiger charge is 2.01. The minimum absolute atomic E-state index is 0.246. The first-order chi connectivity index (χ1) is 10.2. The molecule has 114 valence electrons. The lowest BCUT2D eigenvalue weighted by Gasteiger charge is -2.00. The molecule has 1 amide bonds. The van der Waals surface area contributed by atoms with Crippen LogP contribution in [-0.2, 0) is 9.59 Å². The number of hydrogen-bond donors (Lipinski definition) is 2. The summed E-state index contributed by atoms with van der Waals surface area (Å²) in [6.45, 7) is 0. The zero-order valence-corrected chi connectivity index (χ0v) is 12.3. The van der Waals surface area contributed by atoms with Gasteiger partial charge in [0.15, 0.2) is 0 Å². The quantitative estimate of drug-likeness (QED) is 0.393. The Labute approximate surface area is 125 Å². The molecule has 0 radical (unpaired) electrons. The summed E-state index contributed by atoms with van der Waals surface area (Å²) in [5.41, 5.74) is 2.71. The Balaban J connectivity index is 2.04. The van der Waals surface area contributed by atoms with E-state index in [9.17, 15) is 9.59 Å². The number of amides is 1. The molecule has 0 aliphatic carbocycles. The SMILES string of the molecule is O=C(C/C=C/c1ccccc1)CCCCCCC(=O)NO. The predicted octanol–water partition coefficient (Wildman–Crippen LogP) is 3.51. The summed E-state index contributed by atoms with van der Waals surface area (Å²) in [5, 5.41) is 8.32. The maximum atomic E-state index is 11.7. The van der Waals surface area contributed by atoms with E-state index < -0.39 is 0 Å². The molecule has 0 unspecified atom stereocenters. The summed E-state index contributed by atoms with van der Waals surface area (Å²) in [6.07, 6.45) is 8.71. The van der Waals surface area contributed by atoms with Gasteiger partial charge in [0.2, 0.25) is 5.91 Å². The van der Waals surface area contributed by atoms with Gasteiger partial charge in [0, 0.05) is 19.3 Å². The molecule has 1 rings (SSSR count). The van der Waals surface area contributed by atoms with E-state index in [1.54, 1.807) is 5.48 Å². The Hall–Kier alpha value is -1.94. The Morgan fingerprint density at radius 3 is 2.33 bits per heavy atom. The Bertz CT molecular complexity index is 454. The number of hydrogen-bond acceptors (Lipinski definition) is 3. The summed E-state index contributed by atoms with van der Waals surface area (Å²) in [7, 11) is 0. The Kier molecular flexibility index (Phi) is 8.80. The first-order valence-electron chi connectivity index (χ1n) is 7.38. The number of benzene rings is 1. The van der Waals surface area contributed by atoms with Gasteiger partial charge >= 0.3 is 0 Å². The van der Waals surface area contributed by atoms with Crippen LogP contribution in [0.25, 0.3) is 6.08 Å². The smallest absolute Gasteiger partial charge is 0.243 e. The van der Waals surface area contributed by atoms with E-state index in [4.69, 9.17) is 5.21 Å². The van der Waals surface area contributed by atoms with Crippen molar-refractivity contribution in [3.63, 3.8) is 0 Å². The zero-order valence-electron chi connectivity index (χ0n) is 12.3. The number of unbranched alkanes of at least 4 members (excludes halogenated alkanes) is 3. The zero-order chi connectivity index (χ0) is 15.3. The summed E-state index contributed by atoms with van der Waals surface area (Å²) in [6, 6.07) is 9.91. The highest BCUT2D eigenvalue weighted by atomic mass is 16.5. The van der Waals surface area contributed by atoms with Crippen LogP contribution >= 0.6 is 0 Å². The van der Waals surface area contributed by atoms with Gasteiger partial charge in [0.25, 0.3) is 0 Å². The maximum absolute atomic E-state index is 11.7. The molecule has 0 aliphatic heterocycles. The van der Waals surface area contributed by atoms with Crippen LogP contribution in [-0.4, -0.2) is 16.9 Å². The highest BCUT2D eigenvalue weighted by molar-refractivity contribution is 5.80. The van der Waals surface area contributed by atoms with Gasteiger partial charge in [-0.3, -0.25) is 14.8 Å². The summed E-state index contributed by atoms with van der Waals surface area (Å²) in [5.74, 6) is -0.104. The predicted molar refractivity (Wildman–Crippen MR) is 82.7 cm³/mol. The molecule has 4 heteroatoms. The molecule has 0 bridgehead atoms. The molecule has 0 aliphatic rings. The number of nitrogens with one attached hydrogen (secondary N) is 1. The van der Waals surface area contributed by atoms with Gasteiger partial charge in [0.05, 0.1) is 0 Å². The molecular formula is C17H23NO3. The van der Waals surface area contributed by atoms with Crippen LogP contribution in [0, 0.1) is 0 Å². The second-order valence-corrected chi connectivity index (χ2v) is 5.01. The van der Waals surface area contributed by atoms with Crippen LogP contribution in [0.15, 0.2) is 36.4 Å². The van der Waals surface area contributed by atoms with Crippen LogP contribution in [0.5, 0.6) is 0 Å². The summed E-state index contributed by atoms with van der Waals surface area (Å²) >= 11 is 0. The van der Waals surface area contributed by atoms with Crippen molar-refractivity contribution in [3.8, 4) is 0 Å². The number of allylic oxidation sites excluding steroid dienone is 1. The molecule has 0 spiro atoms. The summed E-state index contributed by atoms with van der Waals surface area (Å²) < 4.78 is 0. The average Bonchev–Trinajstić information content (AvgIpc) is 2.51. The van der Waals surface area contributed by atoms with E-state index in [0.717, 1.165) is 31.2 Å². The molecule has 21 heavy (non-hydrogen) atoms.